The minimum Gasteiger partial charge on any atom is -0.376 e. The molecule has 2 aromatic carbocycles. The zero-order chi connectivity index (χ0) is 21.6. The first-order valence-electron chi connectivity index (χ1n) is 10.4. The highest BCUT2D eigenvalue weighted by Crippen LogP contribution is 2.28. The molecule has 4 rings (SSSR count). The van der Waals surface area contributed by atoms with Crippen LogP contribution in [0.5, 0.6) is 0 Å². The highest BCUT2D eigenvalue weighted by Gasteiger charge is 2.21. The monoisotopic (exact) mass is 439 g/mol. The van der Waals surface area contributed by atoms with Crippen molar-refractivity contribution in [1.82, 2.24) is 14.5 Å². The van der Waals surface area contributed by atoms with Gasteiger partial charge in [-0.2, -0.15) is 0 Å². The van der Waals surface area contributed by atoms with Crippen molar-refractivity contribution in [3.8, 4) is 11.3 Å². The number of thioether (sulfide) groups is 1. The summed E-state index contributed by atoms with van der Waals surface area (Å²) in [5.41, 5.74) is 3.03. The normalized spacial score (nSPS) is 15.9. The van der Waals surface area contributed by atoms with Crippen molar-refractivity contribution in [2.45, 2.75) is 37.2 Å². The summed E-state index contributed by atoms with van der Waals surface area (Å²) in [6, 6.07) is 16.4. The Balaban J connectivity index is 1.45. The molecule has 1 atom stereocenters. The zero-order valence-electron chi connectivity index (χ0n) is 17.5. The molecule has 7 heteroatoms. The number of hydrogen-bond acceptors (Lipinski definition) is 4. The molecule has 1 fully saturated rings. The number of carbonyl (C=O) groups is 1. The van der Waals surface area contributed by atoms with Crippen LogP contribution in [0.15, 0.2) is 66.0 Å². The molecular formula is C24H26FN3O2S. The van der Waals surface area contributed by atoms with Gasteiger partial charge in [-0.05, 0) is 36.1 Å². The van der Waals surface area contributed by atoms with E-state index in [1.807, 2.05) is 24.4 Å². The van der Waals surface area contributed by atoms with E-state index in [1.165, 1.54) is 23.9 Å². The summed E-state index contributed by atoms with van der Waals surface area (Å²) in [5.74, 6) is 0.0110. The Morgan fingerprint density at radius 1 is 1.23 bits per heavy atom. The molecule has 5 nitrogen and oxygen atoms in total. The third-order valence-corrected chi connectivity index (χ3v) is 6.36. The van der Waals surface area contributed by atoms with Crippen LogP contribution in [-0.2, 0) is 22.6 Å². The topological polar surface area (TPSA) is 47.4 Å². The molecule has 0 saturated carbocycles. The van der Waals surface area contributed by atoms with Gasteiger partial charge in [-0.3, -0.25) is 4.79 Å². The first-order valence-corrected chi connectivity index (χ1v) is 11.4. The summed E-state index contributed by atoms with van der Waals surface area (Å²) < 4.78 is 21.1. The number of amides is 1. The fourth-order valence-electron chi connectivity index (χ4n) is 3.67. The molecule has 0 spiro atoms. The van der Waals surface area contributed by atoms with E-state index in [0.29, 0.717) is 6.54 Å². The summed E-state index contributed by atoms with van der Waals surface area (Å²) in [6.07, 6.45) is 4.16. The molecular weight excluding hydrogens is 413 g/mol. The summed E-state index contributed by atoms with van der Waals surface area (Å²) in [5, 5.41) is 0.817. The van der Waals surface area contributed by atoms with E-state index >= 15 is 0 Å². The van der Waals surface area contributed by atoms with Gasteiger partial charge in [0.1, 0.15) is 5.82 Å². The molecule has 0 radical (unpaired) electrons. The van der Waals surface area contributed by atoms with Crippen molar-refractivity contribution < 1.29 is 13.9 Å². The van der Waals surface area contributed by atoms with Gasteiger partial charge in [-0.1, -0.05) is 54.2 Å². The predicted molar refractivity (Wildman–Crippen MR) is 120 cm³/mol. The lowest BCUT2D eigenvalue weighted by Gasteiger charge is -2.18. The third kappa shape index (κ3) is 5.54. The molecule has 2 heterocycles. The number of benzene rings is 2. The van der Waals surface area contributed by atoms with E-state index in [0.717, 1.165) is 48.0 Å². The molecule has 1 unspecified atom stereocenters. The van der Waals surface area contributed by atoms with Crippen molar-refractivity contribution in [3.05, 3.63) is 72.2 Å². The van der Waals surface area contributed by atoms with E-state index in [4.69, 9.17) is 4.74 Å². The molecule has 1 saturated heterocycles. The molecule has 1 amide bonds. The lowest BCUT2D eigenvalue weighted by atomic mass is 10.1. The zero-order valence-corrected chi connectivity index (χ0v) is 18.4. The van der Waals surface area contributed by atoms with Crippen molar-refractivity contribution in [2.75, 3.05) is 19.4 Å². The minimum atomic E-state index is -0.277. The van der Waals surface area contributed by atoms with E-state index in [2.05, 4.69) is 21.7 Å². The van der Waals surface area contributed by atoms with Crippen LogP contribution in [0, 0.1) is 5.82 Å². The number of halogens is 1. The SMILES string of the molecule is CN(Cc1ccc(F)cc1)C(=O)CSc1ncc(-c2ccccc2)n1CC1CCCO1. The van der Waals surface area contributed by atoms with Crippen molar-refractivity contribution in [3.63, 3.8) is 0 Å². The lowest BCUT2D eigenvalue weighted by Crippen LogP contribution is -2.28. The van der Waals surface area contributed by atoms with Crippen LogP contribution in [0.25, 0.3) is 11.3 Å². The van der Waals surface area contributed by atoms with Gasteiger partial charge in [0.2, 0.25) is 5.91 Å². The van der Waals surface area contributed by atoms with Gasteiger partial charge in [-0.15, -0.1) is 0 Å². The predicted octanol–water partition coefficient (Wildman–Crippen LogP) is 4.62. The molecule has 1 aliphatic heterocycles. The van der Waals surface area contributed by atoms with E-state index < -0.39 is 0 Å². The second kappa shape index (κ2) is 10.1. The Bertz CT molecular complexity index is 1000. The summed E-state index contributed by atoms with van der Waals surface area (Å²) >= 11 is 1.44. The molecule has 0 N–H and O–H groups in total. The highest BCUT2D eigenvalue weighted by atomic mass is 32.2. The number of imidazole rings is 1. The molecule has 162 valence electrons. The Hall–Kier alpha value is -2.64. The van der Waals surface area contributed by atoms with Gasteiger partial charge in [0, 0.05) is 20.2 Å². The van der Waals surface area contributed by atoms with E-state index in [-0.39, 0.29) is 23.6 Å². The second-order valence-corrected chi connectivity index (χ2v) is 8.65. The van der Waals surface area contributed by atoms with Crippen molar-refractivity contribution in [2.24, 2.45) is 0 Å². The van der Waals surface area contributed by atoms with Crippen LogP contribution in [0.3, 0.4) is 0 Å². The molecule has 1 aromatic heterocycles. The Labute approximate surface area is 186 Å². The number of aromatic nitrogens is 2. The van der Waals surface area contributed by atoms with E-state index in [9.17, 15) is 9.18 Å². The number of nitrogens with zero attached hydrogens (tertiary/aromatic N) is 3. The molecule has 1 aliphatic rings. The van der Waals surface area contributed by atoms with Gasteiger partial charge in [0.15, 0.2) is 5.16 Å². The average Bonchev–Trinajstić information content (AvgIpc) is 3.44. The fourth-order valence-corrected chi connectivity index (χ4v) is 4.60. The van der Waals surface area contributed by atoms with Gasteiger partial charge in [0.05, 0.1) is 30.3 Å². The van der Waals surface area contributed by atoms with E-state index in [1.54, 1.807) is 24.1 Å². The Morgan fingerprint density at radius 2 is 2.00 bits per heavy atom. The first-order chi connectivity index (χ1) is 15.1. The van der Waals surface area contributed by atoms with Crippen LogP contribution in [0.4, 0.5) is 4.39 Å². The number of carbonyl (C=O) groups excluding carboxylic acids is 1. The molecule has 3 aromatic rings. The van der Waals surface area contributed by atoms with Crippen LogP contribution in [0.2, 0.25) is 0 Å². The third-order valence-electron chi connectivity index (χ3n) is 5.38. The van der Waals surface area contributed by atoms with Crippen LogP contribution >= 0.6 is 11.8 Å². The Kier molecular flexibility index (Phi) is 7.04. The van der Waals surface area contributed by atoms with Gasteiger partial charge >= 0.3 is 0 Å². The highest BCUT2D eigenvalue weighted by molar-refractivity contribution is 7.99. The summed E-state index contributed by atoms with van der Waals surface area (Å²) in [7, 11) is 1.76. The van der Waals surface area contributed by atoms with Gasteiger partial charge in [-0.25, -0.2) is 9.37 Å². The average molecular weight is 440 g/mol. The Morgan fingerprint density at radius 3 is 2.71 bits per heavy atom. The molecule has 0 bridgehead atoms. The number of ether oxygens (including phenoxy) is 1. The van der Waals surface area contributed by atoms with Crippen LogP contribution in [-0.4, -0.2) is 45.9 Å². The first kappa shape index (κ1) is 21.6. The smallest absolute Gasteiger partial charge is 0.233 e. The van der Waals surface area contributed by atoms with Gasteiger partial charge in [0.25, 0.3) is 0 Å². The summed E-state index contributed by atoms with van der Waals surface area (Å²) in [6.45, 7) is 1.97. The van der Waals surface area contributed by atoms with Crippen molar-refractivity contribution in [1.29, 1.82) is 0 Å². The lowest BCUT2D eigenvalue weighted by molar-refractivity contribution is -0.127. The maximum Gasteiger partial charge on any atom is 0.233 e. The van der Waals surface area contributed by atoms with Gasteiger partial charge < -0.3 is 14.2 Å². The largest absolute Gasteiger partial charge is 0.376 e. The van der Waals surface area contributed by atoms with Crippen molar-refractivity contribution >= 4 is 17.7 Å². The fraction of sp³-hybridized carbons (Fsp3) is 0.333. The second-order valence-electron chi connectivity index (χ2n) is 7.70. The van der Waals surface area contributed by atoms with Crippen LogP contribution in [0.1, 0.15) is 18.4 Å². The quantitative estimate of drug-likeness (QED) is 0.481. The maximum atomic E-state index is 13.1. The van der Waals surface area contributed by atoms with Crippen LogP contribution < -0.4 is 0 Å². The maximum absolute atomic E-state index is 13.1. The number of hydrogen-bond donors (Lipinski definition) is 0. The number of rotatable bonds is 8. The molecule has 31 heavy (non-hydrogen) atoms. The molecule has 0 aliphatic carbocycles. The summed E-state index contributed by atoms with van der Waals surface area (Å²) in [4.78, 5) is 19.0. The standard InChI is InChI=1S/C24H26FN3O2S/c1-27(15-18-9-11-20(25)12-10-18)23(29)17-31-24-26-14-22(19-6-3-2-4-7-19)28(24)16-21-8-5-13-30-21/h2-4,6-7,9-12,14,21H,5,8,13,15-17H2,1H3. The minimum absolute atomic E-state index is 0.00209.